The van der Waals surface area contributed by atoms with Crippen LogP contribution in [-0.4, -0.2) is 43.0 Å². The lowest BCUT2D eigenvalue weighted by Crippen LogP contribution is -2.37. The zero-order valence-corrected chi connectivity index (χ0v) is 11.1. The molecule has 2 N–H and O–H groups in total. The molecular weight excluding hydrogens is 230 g/mol. The molecule has 0 aromatic rings. The maximum Gasteiger partial charge on any atom is 0.317 e. The number of nitrogens with one attached hydrogen (secondary N) is 2. The van der Waals surface area contributed by atoms with Crippen molar-refractivity contribution in [2.45, 2.75) is 32.6 Å². The fourth-order valence-electron chi connectivity index (χ4n) is 2.90. The van der Waals surface area contributed by atoms with E-state index in [2.05, 4.69) is 17.6 Å². The van der Waals surface area contributed by atoms with Crippen LogP contribution in [0.3, 0.4) is 0 Å². The minimum Gasteiger partial charge on any atom is -0.354 e. The lowest BCUT2D eigenvalue weighted by Gasteiger charge is -2.15. The molecule has 1 saturated carbocycles. The molecule has 1 aliphatic carbocycles. The lowest BCUT2D eigenvalue weighted by molar-refractivity contribution is -0.122. The van der Waals surface area contributed by atoms with Crippen LogP contribution >= 0.6 is 0 Å². The Morgan fingerprint density at radius 2 is 2.33 bits per heavy atom. The number of carbonyl (C=O) groups excluding carboxylic acids is 2. The van der Waals surface area contributed by atoms with E-state index in [9.17, 15) is 9.59 Å². The monoisotopic (exact) mass is 253 g/mol. The van der Waals surface area contributed by atoms with Gasteiger partial charge in [0.1, 0.15) is 0 Å². The fourth-order valence-corrected chi connectivity index (χ4v) is 2.90. The zero-order valence-electron chi connectivity index (χ0n) is 11.1. The summed E-state index contributed by atoms with van der Waals surface area (Å²) in [7, 11) is 0. The van der Waals surface area contributed by atoms with Gasteiger partial charge >= 0.3 is 6.03 Å². The van der Waals surface area contributed by atoms with Crippen LogP contribution in [0, 0.1) is 11.8 Å². The van der Waals surface area contributed by atoms with Gasteiger partial charge in [0.25, 0.3) is 0 Å². The molecule has 5 nitrogen and oxygen atoms in total. The van der Waals surface area contributed by atoms with Gasteiger partial charge in [-0.05, 0) is 24.7 Å². The quantitative estimate of drug-likeness (QED) is 0.766. The summed E-state index contributed by atoms with van der Waals surface area (Å²) in [6, 6.07) is -0.0196. The van der Waals surface area contributed by atoms with Crippen molar-refractivity contribution in [3.05, 3.63) is 0 Å². The van der Waals surface area contributed by atoms with Crippen molar-refractivity contribution < 1.29 is 9.59 Å². The largest absolute Gasteiger partial charge is 0.354 e. The first-order chi connectivity index (χ1) is 8.65. The molecular formula is C13H23N3O2. The van der Waals surface area contributed by atoms with Gasteiger partial charge < -0.3 is 15.5 Å². The molecule has 2 aliphatic rings. The van der Waals surface area contributed by atoms with Gasteiger partial charge in [0.05, 0.1) is 0 Å². The van der Waals surface area contributed by atoms with Gasteiger partial charge in [0.15, 0.2) is 0 Å². The number of urea groups is 1. The summed E-state index contributed by atoms with van der Waals surface area (Å²) in [6.07, 6.45) is 4.27. The highest BCUT2D eigenvalue weighted by molar-refractivity contribution is 5.77. The summed E-state index contributed by atoms with van der Waals surface area (Å²) >= 11 is 0. The van der Waals surface area contributed by atoms with Crippen LogP contribution in [-0.2, 0) is 4.79 Å². The van der Waals surface area contributed by atoms with Crippen molar-refractivity contribution in [3.8, 4) is 0 Å². The summed E-state index contributed by atoms with van der Waals surface area (Å²) in [5.41, 5.74) is 0. The highest BCUT2D eigenvalue weighted by atomic mass is 16.2. The second kappa shape index (κ2) is 6.07. The van der Waals surface area contributed by atoms with Crippen molar-refractivity contribution in [3.63, 3.8) is 0 Å². The molecule has 2 unspecified atom stereocenters. The molecule has 1 heterocycles. The van der Waals surface area contributed by atoms with Gasteiger partial charge in [-0.3, -0.25) is 4.79 Å². The van der Waals surface area contributed by atoms with Crippen LogP contribution < -0.4 is 10.6 Å². The van der Waals surface area contributed by atoms with Crippen molar-refractivity contribution in [2.24, 2.45) is 11.8 Å². The van der Waals surface area contributed by atoms with Gasteiger partial charge in [-0.1, -0.05) is 13.3 Å². The lowest BCUT2D eigenvalue weighted by atomic mass is 10.0. The first kappa shape index (κ1) is 13.2. The highest BCUT2D eigenvalue weighted by Gasteiger charge is 2.23. The normalized spacial score (nSPS) is 27.4. The smallest absolute Gasteiger partial charge is 0.317 e. The van der Waals surface area contributed by atoms with Crippen LogP contribution in [0.15, 0.2) is 0 Å². The Hall–Kier alpha value is -1.26. The van der Waals surface area contributed by atoms with E-state index in [0.717, 1.165) is 12.5 Å². The Morgan fingerprint density at radius 3 is 2.94 bits per heavy atom. The topological polar surface area (TPSA) is 61.4 Å². The number of nitrogens with zero attached hydrogens (tertiary/aromatic N) is 1. The maximum atomic E-state index is 11.7. The highest BCUT2D eigenvalue weighted by Crippen LogP contribution is 2.32. The van der Waals surface area contributed by atoms with E-state index in [1.54, 1.807) is 4.90 Å². The molecule has 3 amide bonds. The Kier molecular flexibility index (Phi) is 4.44. The molecule has 1 aliphatic heterocycles. The van der Waals surface area contributed by atoms with E-state index in [-0.39, 0.29) is 11.9 Å². The van der Waals surface area contributed by atoms with Crippen LogP contribution in [0.2, 0.25) is 0 Å². The molecule has 0 bridgehead atoms. The Labute approximate surface area is 108 Å². The van der Waals surface area contributed by atoms with E-state index in [1.807, 2.05) is 0 Å². The summed E-state index contributed by atoms with van der Waals surface area (Å²) < 4.78 is 0. The molecule has 0 radical (unpaired) electrons. The average molecular weight is 253 g/mol. The Morgan fingerprint density at radius 1 is 1.50 bits per heavy atom. The van der Waals surface area contributed by atoms with Crippen molar-refractivity contribution in [2.75, 3.05) is 26.2 Å². The second-order valence-corrected chi connectivity index (χ2v) is 5.56. The van der Waals surface area contributed by atoms with E-state index in [0.29, 0.717) is 32.0 Å². The average Bonchev–Trinajstić information content (AvgIpc) is 2.89. The third-order valence-corrected chi connectivity index (χ3v) is 3.93. The number of carbonyl (C=O) groups is 2. The summed E-state index contributed by atoms with van der Waals surface area (Å²) in [4.78, 5) is 24.7. The van der Waals surface area contributed by atoms with E-state index in [4.69, 9.17) is 0 Å². The molecule has 18 heavy (non-hydrogen) atoms. The third-order valence-electron chi connectivity index (χ3n) is 3.93. The van der Waals surface area contributed by atoms with Crippen molar-refractivity contribution >= 4 is 11.9 Å². The number of amides is 3. The minimum atomic E-state index is -0.0196. The SMILES string of the molecule is CC1CCC(CC(=O)NCCN2CCNC2=O)C1. The molecule has 0 aromatic heterocycles. The first-order valence-corrected chi connectivity index (χ1v) is 6.94. The fraction of sp³-hybridized carbons (Fsp3) is 0.846. The van der Waals surface area contributed by atoms with E-state index in [1.165, 1.54) is 19.3 Å². The molecule has 5 heteroatoms. The minimum absolute atomic E-state index is 0.0196. The zero-order chi connectivity index (χ0) is 13.0. The first-order valence-electron chi connectivity index (χ1n) is 6.94. The number of rotatable bonds is 5. The molecule has 0 spiro atoms. The van der Waals surface area contributed by atoms with Gasteiger partial charge in [-0.2, -0.15) is 0 Å². The summed E-state index contributed by atoms with van der Waals surface area (Å²) in [6.45, 7) is 4.89. The van der Waals surface area contributed by atoms with E-state index < -0.39 is 0 Å². The predicted molar refractivity (Wildman–Crippen MR) is 69.1 cm³/mol. The van der Waals surface area contributed by atoms with Crippen LogP contribution in [0.25, 0.3) is 0 Å². The number of hydrogen-bond acceptors (Lipinski definition) is 2. The number of hydrogen-bond donors (Lipinski definition) is 2. The van der Waals surface area contributed by atoms with Crippen molar-refractivity contribution in [1.82, 2.24) is 15.5 Å². The Bertz CT molecular complexity index is 319. The van der Waals surface area contributed by atoms with Crippen LogP contribution in [0.4, 0.5) is 4.79 Å². The van der Waals surface area contributed by atoms with Gasteiger partial charge in [-0.15, -0.1) is 0 Å². The van der Waals surface area contributed by atoms with E-state index >= 15 is 0 Å². The Balaban J connectivity index is 1.58. The van der Waals surface area contributed by atoms with Crippen LogP contribution in [0.1, 0.15) is 32.6 Å². The maximum absolute atomic E-state index is 11.7. The summed E-state index contributed by atoms with van der Waals surface area (Å²) in [5, 5.41) is 5.66. The molecule has 0 aromatic carbocycles. The standard InChI is InChI=1S/C13H23N3O2/c1-10-2-3-11(8-10)9-12(17)14-4-6-16-7-5-15-13(16)18/h10-11H,2-9H2,1H3,(H,14,17)(H,15,18). The van der Waals surface area contributed by atoms with Crippen LogP contribution in [0.5, 0.6) is 0 Å². The molecule has 2 fully saturated rings. The van der Waals surface area contributed by atoms with Crippen molar-refractivity contribution in [1.29, 1.82) is 0 Å². The third kappa shape index (κ3) is 3.62. The summed E-state index contributed by atoms with van der Waals surface area (Å²) in [5.74, 6) is 1.47. The second-order valence-electron chi connectivity index (χ2n) is 5.56. The van der Waals surface area contributed by atoms with Gasteiger partial charge in [0, 0.05) is 32.6 Å². The van der Waals surface area contributed by atoms with Gasteiger partial charge in [0.2, 0.25) is 5.91 Å². The molecule has 2 rings (SSSR count). The predicted octanol–water partition coefficient (Wildman–Crippen LogP) is 0.954. The van der Waals surface area contributed by atoms with Gasteiger partial charge in [-0.25, -0.2) is 4.79 Å². The molecule has 102 valence electrons. The molecule has 2 atom stereocenters. The molecule has 1 saturated heterocycles.